The maximum atomic E-state index is 12.4. The smallest absolute Gasteiger partial charge is 0.305 e. The van der Waals surface area contributed by atoms with Gasteiger partial charge in [0.25, 0.3) is 0 Å². The monoisotopic (exact) mass is 355 g/mol. The molecule has 130 valence electrons. The number of halogens is 1. The molecule has 4 nitrogen and oxygen atoms in total. The number of rotatable bonds is 3. The highest BCUT2D eigenvalue weighted by Crippen LogP contribution is 2.26. The minimum Gasteiger partial charge on any atom is -0.305 e. The van der Waals surface area contributed by atoms with Gasteiger partial charge in [-0.2, -0.15) is 0 Å². The van der Waals surface area contributed by atoms with Crippen molar-refractivity contribution in [1.82, 2.24) is 14.5 Å². The Labute approximate surface area is 152 Å². The lowest BCUT2D eigenvalue weighted by Gasteiger charge is -2.32. The molecule has 0 radical (unpaired) electrons. The number of nitrogens with one attached hydrogen (secondary N) is 1. The molecule has 0 amide bonds. The summed E-state index contributed by atoms with van der Waals surface area (Å²) in [5.41, 5.74) is 4.38. The van der Waals surface area contributed by atoms with E-state index in [1.54, 1.807) is 0 Å². The van der Waals surface area contributed by atoms with Gasteiger partial charge in [0.2, 0.25) is 0 Å². The second-order valence-corrected chi connectivity index (χ2v) is 7.39. The van der Waals surface area contributed by atoms with Crippen LogP contribution in [0.5, 0.6) is 0 Å². The molecule has 0 spiro atoms. The molecule has 1 aliphatic heterocycles. The van der Waals surface area contributed by atoms with Crippen LogP contribution >= 0.6 is 11.6 Å². The molecule has 0 atom stereocenters. The predicted octanol–water partition coefficient (Wildman–Crippen LogP) is 4.13. The number of aromatic amines is 1. The van der Waals surface area contributed by atoms with Gasteiger partial charge in [0.15, 0.2) is 0 Å². The van der Waals surface area contributed by atoms with Crippen LogP contribution in [0.15, 0.2) is 47.3 Å². The van der Waals surface area contributed by atoms with Crippen LogP contribution in [0.4, 0.5) is 0 Å². The van der Waals surface area contributed by atoms with E-state index < -0.39 is 0 Å². The van der Waals surface area contributed by atoms with Gasteiger partial charge in [-0.05, 0) is 43.5 Å². The van der Waals surface area contributed by atoms with Crippen LogP contribution in [-0.2, 0) is 6.54 Å². The summed E-state index contributed by atoms with van der Waals surface area (Å²) in [6.45, 7) is 5.10. The van der Waals surface area contributed by atoms with Crippen molar-refractivity contribution >= 4 is 22.6 Å². The summed E-state index contributed by atoms with van der Waals surface area (Å²) in [6.07, 6.45) is 1.97. The summed E-state index contributed by atoms with van der Waals surface area (Å²) in [4.78, 5) is 17.8. The first-order valence-corrected chi connectivity index (χ1v) is 9.15. The third-order valence-electron chi connectivity index (χ3n) is 5.13. The zero-order valence-corrected chi connectivity index (χ0v) is 15.1. The molecule has 2 aromatic carbocycles. The number of aromatic nitrogens is 2. The third kappa shape index (κ3) is 3.37. The Morgan fingerprint density at radius 3 is 2.56 bits per heavy atom. The second kappa shape index (κ2) is 6.70. The maximum Gasteiger partial charge on any atom is 0.326 e. The van der Waals surface area contributed by atoms with Crippen LogP contribution in [0.1, 0.15) is 30.0 Å². The van der Waals surface area contributed by atoms with E-state index in [-0.39, 0.29) is 11.7 Å². The van der Waals surface area contributed by atoms with E-state index in [1.165, 1.54) is 11.1 Å². The average molecular weight is 356 g/mol. The molecule has 0 saturated carbocycles. The van der Waals surface area contributed by atoms with Gasteiger partial charge in [-0.25, -0.2) is 4.79 Å². The highest BCUT2D eigenvalue weighted by Gasteiger charge is 2.23. The van der Waals surface area contributed by atoms with Gasteiger partial charge in [-0.1, -0.05) is 41.4 Å². The van der Waals surface area contributed by atoms with Crippen molar-refractivity contribution in [2.24, 2.45) is 0 Å². The topological polar surface area (TPSA) is 41.0 Å². The molecule has 1 saturated heterocycles. The minimum absolute atomic E-state index is 0.0331. The van der Waals surface area contributed by atoms with Crippen LogP contribution in [0.25, 0.3) is 11.0 Å². The van der Waals surface area contributed by atoms with Crippen LogP contribution < -0.4 is 5.69 Å². The van der Waals surface area contributed by atoms with Gasteiger partial charge in [-0.15, -0.1) is 0 Å². The van der Waals surface area contributed by atoms with E-state index in [2.05, 4.69) is 41.1 Å². The van der Waals surface area contributed by atoms with Crippen LogP contribution in [0.3, 0.4) is 0 Å². The molecule has 25 heavy (non-hydrogen) atoms. The van der Waals surface area contributed by atoms with Gasteiger partial charge in [0, 0.05) is 30.7 Å². The predicted molar refractivity (Wildman–Crippen MR) is 102 cm³/mol. The summed E-state index contributed by atoms with van der Waals surface area (Å²) in [5, 5.41) is 0.647. The Kier molecular flexibility index (Phi) is 4.40. The van der Waals surface area contributed by atoms with Crippen LogP contribution in [0, 0.1) is 6.92 Å². The molecule has 0 bridgehead atoms. The first-order valence-electron chi connectivity index (χ1n) is 8.78. The number of hydrogen-bond acceptors (Lipinski definition) is 2. The lowest BCUT2D eigenvalue weighted by molar-refractivity contribution is 0.180. The van der Waals surface area contributed by atoms with Crippen molar-refractivity contribution in [2.45, 2.75) is 32.4 Å². The first kappa shape index (κ1) is 16.4. The van der Waals surface area contributed by atoms with Gasteiger partial charge in [0.1, 0.15) is 0 Å². The van der Waals surface area contributed by atoms with Gasteiger partial charge in [-0.3, -0.25) is 9.47 Å². The Hall–Kier alpha value is -2.04. The van der Waals surface area contributed by atoms with Gasteiger partial charge >= 0.3 is 5.69 Å². The van der Waals surface area contributed by atoms with Crippen molar-refractivity contribution in [1.29, 1.82) is 0 Å². The lowest BCUT2D eigenvalue weighted by Crippen LogP contribution is -2.36. The Morgan fingerprint density at radius 1 is 1.12 bits per heavy atom. The zero-order valence-electron chi connectivity index (χ0n) is 14.3. The molecule has 3 aromatic rings. The van der Waals surface area contributed by atoms with Crippen molar-refractivity contribution in [2.75, 3.05) is 13.1 Å². The molecule has 0 aliphatic carbocycles. The highest BCUT2D eigenvalue weighted by molar-refractivity contribution is 6.31. The molecule has 2 heterocycles. The number of likely N-dealkylation sites (tertiary alicyclic amines) is 1. The second-order valence-electron chi connectivity index (χ2n) is 6.95. The molecular formula is C20H22ClN3O. The standard InChI is InChI=1S/C20H22ClN3O/c1-14-2-4-15(5-3-14)13-23-10-8-17(9-11-23)24-19-7-6-16(21)12-18(19)22-20(24)25/h2-7,12,17H,8-11,13H2,1H3,(H,22,25). The number of piperidine rings is 1. The van der Waals surface area contributed by atoms with E-state index >= 15 is 0 Å². The van der Waals surface area contributed by atoms with Crippen molar-refractivity contribution in [3.63, 3.8) is 0 Å². The number of benzene rings is 2. The summed E-state index contributed by atoms with van der Waals surface area (Å²) in [6, 6.07) is 14.6. The quantitative estimate of drug-likeness (QED) is 0.767. The third-order valence-corrected chi connectivity index (χ3v) is 5.36. The summed E-state index contributed by atoms with van der Waals surface area (Å²) < 4.78 is 1.91. The van der Waals surface area contributed by atoms with Crippen LogP contribution in [0.2, 0.25) is 5.02 Å². The molecule has 1 aromatic heterocycles. The van der Waals surface area contributed by atoms with Crippen molar-refractivity contribution in [3.05, 3.63) is 69.1 Å². The van der Waals surface area contributed by atoms with Gasteiger partial charge in [0.05, 0.1) is 11.0 Å². The number of fused-ring (bicyclic) bond motifs is 1. The minimum atomic E-state index is -0.0331. The zero-order chi connectivity index (χ0) is 17.4. The molecular weight excluding hydrogens is 334 g/mol. The summed E-state index contributed by atoms with van der Waals surface area (Å²) >= 11 is 6.03. The molecule has 1 fully saturated rings. The molecule has 4 rings (SSSR count). The largest absolute Gasteiger partial charge is 0.326 e. The fourth-order valence-electron chi connectivity index (χ4n) is 3.75. The first-order chi connectivity index (χ1) is 12.1. The number of nitrogens with zero attached hydrogens (tertiary/aromatic N) is 2. The number of H-pyrrole nitrogens is 1. The fraction of sp³-hybridized carbons (Fsp3) is 0.350. The SMILES string of the molecule is Cc1ccc(CN2CCC(n3c(=O)[nH]c4cc(Cl)ccc43)CC2)cc1. The average Bonchev–Trinajstić information content (AvgIpc) is 2.92. The van der Waals surface area contributed by atoms with E-state index in [9.17, 15) is 4.79 Å². The fourth-order valence-corrected chi connectivity index (χ4v) is 3.93. The van der Waals surface area contributed by atoms with Crippen molar-refractivity contribution in [3.8, 4) is 0 Å². The maximum absolute atomic E-state index is 12.4. The Bertz CT molecular complexity index is 934. The number of aryl methyl sites for hydroxylation is 1. The van der Waals surface area contributed by atoms with E-state index in [0.29, 0.717) is 5.02 Å². The number of hydrogen-bond donors (Lipinski definition) is 1. The summed E-state index contributed by atoms with van der Waals surface area (Å²) in [7, 11) is 0. The Balaban J connectivity index is 1.48. The van der Waals surface area contributed by atoms with E-state index in [4.69, 9.17) is 11.6 Å². The number of imidazole rings is 1. The lowest BCUT2D eigenvalue weighted by atomic mass is 10.0. The molecule has 1 N–H and O–H groups in total. The van der Waals surface area contributed by atoms with Crippen LogP contribution in [-0.4, -0.2) is 27.5 Å². The molecule has 5 heteroatoms. The molecule has 1 aliphatic rings. The van der Waals surface area contributed by atoms with Gasteiger partial charge < -0.3 is 4.98 Å². The molecule has 0 unspecified atom stereocenters. The van der Waals surface area contributed by atoms with E-state index in [1.807, 2.05) is 22.8 Å². The normalized spacial score (nSPS) is 16.6. The Morgan fingerprint density at radius 2 is 1.84 bits per heavy atom. The van der Waals surface area contributed by atoms with E-state index in [0.717, 1.165) is 43.5 Å². The summed E-state index contributed by atoms with van der Waals surface area (Å²) in [5.74, 6) is 0. The van der Waals surface area contributed by atoms with Crippen molar-refractivity contribution < 1.29 is 0 Å². The highest BCUT2D eigenvalue weighted by atomic mass is 35.5.